The van der Waals surface area contributed by atoms with E-state index in [4.69, 9.17) is 6.57 Å². The molecule has 0 saturated carbocycles. The minimum absolute atomic E-state index is 0.644. The maximum absolute atomic E-state index is 7.51. The molecule has 6 aromatic carbocycles. The summed E-state index contributed by atoms with van der Waals surface area (Å²) in [6.45, 7) is 7.51. The molecule has 0 amide bonds. The van der Waals surface area contributed by atoms with Crippen molar-refractivity contribution in [2.45, 2.75) is 0 Å². The van der Waals surface area contributed by atoms with Crippen molar-refractivity contribution in [3.8, 4) is 22.5 Å². The van der Waals surface area contributed by atoms with Gasteiger partial charge in [-0.25, -0.2) is 4.85 Å². The van der Waals surface area contributed by atoms with Crippen molar-refractivity contribution in [1.82, 2.24) is 9.13 Å². The van der Waals surface area contributed by atoms with Gasteiger partial charge in [0.25, 0.3) is 0 Å². The quantitative estimate of drug-likeness (QED) is 0.210. The van der Waals surface area contributed by atoms with Gasteiger partial charge in [-0.05, 0) is 54.1 Å². The third kappa shape index (κ3) is 3.24. The second-order valence-electron chi connectivity index (χ2n) is 10.1. The summed E-state index contributed by atoms with van der Waals surface area (Å²) >= 11 is 0. The van der Waals surface area contributed by atoms with Crippen LogP contribution in [-0.4, -0.2) is 9.13 Å². The van der Waals surface area contributed by atoms with Crippen LogP contribution in [0.15, 0.2) is 140 Å². The first-order valence-electron chi connectivity index (χ1n) is 13.4. The molecule has 0 N–H and O–H groups in total. The molecule has 3 heteroatoms. The van der Waals surface area contributed by atoms with Crippen LogP contribution >= 0.6 is 0 Å². The monoisotopic (exact) mass is 509 g/mol. The molecule has 0 unspecified atom stereocenters. The lowest BCUT2D eigenvalue weighted by atomic mass is 10.0. The Balaban J connectivity index is 1.42. The van der Waals surface area contributed by atoms with Gasteiger partial charge in [-0.15, -0.1) is 0 Å². The first-order valence-corrected chi connectivity index (χ1v) is 13.4. The molecule has 3 nitrogen and oxygen atoms in total. The standard InChI is InChI=1S/C37H23N3/c1-38-26-12-10-11-25(23-26)28-13-2-6-17-33(28)40-36-20-9-5-16-31(36)32-24-27(21-22-37(32)40)39-34-18-7-3-14-29(34)30-15-4-8-19-35(30)39/h2-24H. The molecule has 2 aromatic heterocycles. The Morgan fingerprint density at radius 2 is 1.02 bits per heavy atom. The molecule has 0 aliphatic carbocycles. The molecule has 8 aromatic rings. The average Bonchev–Trinajstić information content (AvgIpc) is 3.54. The molecule has 0 atom stereocenters. The summed E-state index contributed by atoms with van der Waals surface area (Å²) in [4.78, 5) is 3.67. The lowest BCUT2D eigenvalue weighted by Gasteiger charge is -2.14. The molecule has 2 heterocycles. The third-order valence-electron chi connectivity index (χ3n) is 7.93. The molecule has 0 radical (unpaired) electrons. The average molecular weight is 510 g/mol. The first-order chi connectivity index (χ1) is 19.8. The number of aromatic nitrogens is 2. The third-order valence-corrected chi connectivity index (χ3v) is 7.93. The molecular formula is C37H23N3. The summed E-state index contributed by atoms with van der Waals surface area (Å²) in [5.74, 6) is 0. The Labute approximate surface area is 231 Å². The van der Waals surface area contributed by atoms with Gasteiger partial charge >= 0.3 is 0 Å². The SMILES string of the molecule is [C-]#[N+]c1cccc(-c2ccccc2-n2c3ccccc3c3cc(-n4c5ccccc5c5ccccc54)ccc32)c1. The molecule has 40 heavy (non-hydrogen) atoms. The largest absolute Gasteiger partial charge is 0.309 e. The van der Waals surface area contributed by atoms with Gasteiger partial charge in [0.15, 0.2) is 5.69 Å². The van der Waals surface area contributed by atoms with E-state index >= 15 is 0 Å². The van der Waals surface area contributed by atoms with Crippen LogP contribution in [0, 0.1) is 6.57 Å². The fourth-order valence-corrected chi connectivity index (χ4v) is 6.22. The lowest BCUT2D eigenvalue weighted by molar-refractivity contribution is 1.17. The van der Waals surface area contributed by atoms with Gasteiger partial charge in [0.1, 0.15) is 0 Å². The predicted molar refractivity (Wildman–Crippen MR) is 167 cm³/mol. The zero-order valence-electron chi connectivity index (χ0n) is 21.6. The van der Waals surface area contributed by atoms with Gasteiger partial charge in [-0.3, -0.25) is 0 Å². The van der Waals surface area contributed by atoms with Gasteiger partial charge in [0.05, 0.1) is 34.3 Å². The number of para-hydroxylation sites is 4. The van der Waals surface area contributed by atoms with Crippen molar-refractivity contribution in [2.75, 3.05) is 0 Å². The fourth-order valence-electron chi connectivity index (χ4n) is 6.22. The van der Waals surface area contributed by atoms with E-state index in [1.54, 1.807) is 0 Å². The van der Waals surface area contributed by atoms with Gasteiger partial charge in [-0.2, -0.15) is 0 Å². The Morgan fingerprint density at radius 3 is 1.73 bits per heavy atom. The van der Waals surface area contributed by atoms with Crippen molar-refractivity contribution < 1.29 is 0 Å². The lowest BCUT2D eigenvalue weighted by Crippen LogP contribution is -1.98. The smallest absolute Gasteiger partial charge is 0.187 e. The normalized spacial score (nSPS) is 11.5. The van der Waals surface area contributed by atoms with E-state index < -0.39 is 0 Å². The highest BCUT2D eigenvalue weighted by molar-refractivity contribution is 6.12. The number of benzene rings is 6. The van der Waals surface area contributed by atoms with Crippen molar-refractivity contribution in [1.29, 1.82) is 0 Å². The molecule has 0 saturated heterocycles. The Kier molecular flexibility index (Phi) is 4.89. The van der Waals surface area contributed by atoms with Crippen LogP contribution < -0.4 is 0 Å². The molecule has 0 spiro atoms. The summed E-state index contributed by atoms with van der Waals surface area (Å²) in [6, 6.07) is 49.1. The van der Waals surface area contributed by atoms with Crippen LogP contribution in [0.5, 0.6) is 0 Å². The number of hydrogen-bond donors (Lipinski definition) is 0. The summed E-state index contributed by atoms with van der Waals surface area (Å²) in [5.41, 5.74) is 9.74. The summed E-state index contributed by atoms with van der Waals surface area (Å²) in [6.07, 6.45) is 0. The van der Waals surface area contributed by atoms with E-state index in [1.807, 2.05) is 18.2 Å². The predicted octanol–water partition coefficient (Wildman–Crippen LogP) is 10.1. The Bertz CT molecular complexity index is 2240. The molecule has 0 fully saturated rings. The molecule has 0 aliphatic heterocycles. The van der Waals surface area contributed by atoms with E-state index in [2.05, 4.69) is 135 Å². The molecular weight excluding hydrogens is 486 g/mol. The number of nitrogens with zero attached hydrogens (tertiary/aromatic N) is 3. The highest BCUT2D eigenvalue weighted by atomic mass is 15.0. The van der Waals surface area contributed by atoms with Crippen LogP contribution in [0.1, 0.15) is 0 Å². The zero-order valence-corrected chi connectivity index (χ0v) is 21.6. The Hall–Kier alpha value is -5.59. The van der Waals surface area contributed by atoms with Gasteiger partial charge in [0, 0.05) is 32.8 Å². The fraction of sp³-hybridized carbons (Fsp3) is 0. The maximum Gasteiger partial charge on any atom is 0.187 e. The molecule has 0 bridgehead atoms. The van der Waals surface area contributed by atoms with E-state index in [0.29, 0.717) is 5.69 Å². The second-order valence-corrected chi connectivity index (χ2v) is 10.1. The summed E-state index contributed by atoms with van der Waals surface area (Å²) in [5, 5.41) is 4.94. The molecule has 186 valence electrons. The highest BCUT2D eigenvalue weighted by Crippen LogP contribution is 2.39. The Morgan fingerprint density at radius 1 is 0.450 bits per heavy atom. The van der Waals surface area contributed by atoms with Crippen molar-refractivity contribution in [3.05, 3.63) is 151 Å². The van der Waals surface area contributed by atoms with Gasteiger partial charge < -0.3 is 9.13 Å². The van der Waals surface area contributed by atoms with Gasteiger partial charge in [0.2, 0.25) is 0 Å². The highest BCUT2D eigenvalue weighted by Gasteiger charge is 2.17. The number of rotatable bonds is 3. The van der Waals surface area contributed by atoms with Crippen molar-refractivity contribution in [2.24, 2.45) is 0 Å². The second kappa shape index (κ2) is 8.73. The van der Waals surface area contributed by atoms with E-state index in [1.165, 1.54) is 32.6 Å². The molecule has 0 aliphatic rings. The number of fused-ring (bicyclic) bond motifs is 6. The summed E-state index contributed by atoms with van der Waals surface area (Å²) < 4.78 is 4.74. The van der Waals surface area contributed by atoms with Crippen LogP contribution in [0.3, 0.4) is 0 Å². The molecule has 8 rings (SSSR count). The zero-order chi connectivity index (χ0) is 26.6. The van der Waals surface area contributed by atoms with E-state index in [-0.39, 0.29) is 0 Å². The minimum Gasteiger partial charge on any atom is -0.309 e. The van der Waals surface area contributed by atoms with Crippen molar-refractivity contribution in [3.63, 3.8) is 0 Å². The maximum atomic E-state index is 7.51. The van der Waals surface area contributed by atoms with Crippen molar-refractivity contribution >= 4 is 49.3 Å². The van der Waals surface area contributed by atoms with E-state index in [0.717, 1.165) is 33.5 Å². The van der Waals surface area contributed by atoms with Crippen LogP contribution in [0.25, 0.3) is 71.0 Å². The van der Waals surface area contributed by atoms with Gasteiger partial charge in [-0.1, -0.05) is 91.0 Å². The topological polar surface area (TPSA) is 14.2 Å². The minimum atomic E-state index is 0.644. The van der Waals surface area contributed by atoms with Crippen LogP contribution in [0.4, 0.5) is 5.69 Å². The number of hydrogen-bond acceptors (Lipinski definition) is 0. The first kappa shape index (κ1) is 22.4. The van der Waals surface area contributed by atoms with Crippen LogP contribution in [-0.2, 0) is 0 Å². The summed E-state index contributed by atoms with van der Waals surface area (Å²) in [7, 11) is 0. The van der Waals surface area contributed by atoms with Crippen LogP contribution in [0.2, 0.25) is 0 Å². The van der Waals surface area contributed by atoms with E-state index in [9.17, 15) is 0 Å².